The van der Waals surface area contributed by atoms with Gasteiger partial charge in [0.25, 0.3) is 0 Å². The van der Waals surface area contributed by atoms with Crippen LogP contribution in [0.5, 0.6) is 0 Å². The number of aromatic nitrogens is 2. The predicted octanol–water partition coefficient (Wildman–Crippen LogP) is 1.90. The number of hydrogen-bond donors (Lipinski definition) is 3. The van der Waals surface area contributed by atoms with E-state index in [0.717, 1.165) is 41.8 Å². The van der Waals surface area contributed by atoms with Crippen molar-refractivity contribution in [3.8, 4) is 0 Å². The average molecular weight is 259 g/mol. The minimum absolute atomic E-state index is 0.485. The van der Waals surface area contributed by atoms with E-state index >= 15 is 0 Å². The lowest BCUT2D eigenvalue weighted by Crippen LogP contribution is -2.43. The maximum Gasteiger partial charge on any atom is 0.0672 e. The number of anilines is 2. The number of benzene rings is 1. The van der Waals surface area contributed by atoms with Gasteiger partial charge in [0.1, 0.15) is 0 Å². The Balaban J connectivity index is 1.82. The molecule has 1 aliphatic heterocycles. The number of nitrogens with two attached hydrogens (primary N) is 1. The van der Waals surface area contributed by atoms with Gasteiger partial charge in [0, 0.05) is 18.0 Å². The second-order valence-electron chi connectivity index (χ2n) is 5.68. The van der Waals surface area contributed by atoms with Crippen LogP contribution in [0.25, 0.3) is 10.9 Å². The van der Waals surface area contributed by atoms with E-state index in [-0.39, 0.29) is 0 Å². The zero-order valence-corrected chi connectivity index (χ0v) is 11.5. The van der Waals surface area contributed by atoms with E-state index in [1.165, 1.54) is 0 Å². The number of aromatic amines is 1. The van der Waals surface area contributed by atoms with Gasteiger partial charge >= 0.3 is 0 Å². The van der Waals surface area contributed by atoms with Crippen molar-refractivity contribution in [2.45, 2.75) is 19.4 Å². The summed E-state index contributed by atoms with van der Waals surface area (Å²) in [5, 5.41) is 11.7. The van der Waals surface area contributed by atoms with Crippen LogP contribution in [0, 0.1) is 5.92 Å². The number of fused-ring (bicyclic) bond motifs is 1. The first-order valence-electron chi connectivity index (χ1n) is 6.81. The molecule has 0 amide bonds. The number of likely N-dealkylation sites (tertiary alicyclic amines) is 1. The zero-order chi connectivity index (χ0) is 13.4. The standard InChI is InChI=1S/C14H21N5/c1-9-8-19(2)4-3-12(9)17-14-6-13-10(5-11(14)15)7-16-18-13/h5-7,9,12,17H,3-4,8,15H2,1-2H3,(H,16,18). The average Bonchev–Trinajstić information content (AvgIpc) is 2.80. The zero-order valence-electron chi connectivity index (χ0n) is 11.5. The summed E-state index contributed by atoms with van der Waals surface area (Å²) in [5.41, 5.74) is 8.95. The fraction of sp³-hybridized carbons (Fsp3) is 0.500. The summed E-state index contributed by atoms with van der Waals surface area (Å²) >= 11 is 0. The number of nitrogens with one attached hydrogen (secondary N) is 2. The van der Waals surface area contributed by atoms with Crippen molar-refractivity contribution in [2.75, 3.05) is 31.2 Å². The molecule has 1 fully saturated rings. The van der Waals surface area contributed by atoms with E-state index < -0.39 is 0 Å². The molecule has 102 valence electrons. The molecule has 2 atom stereocenters. The monoisotopic (exact) mass is 259 g/mol. The van der Waals surface area contributed by atoms with Gasteiger partial charge in [-0.15, -0.1) is 0 Å². The second-order valence-corrected chi connectivity index (χ2v) is 5.68. The molecule has 2 aromatic rings. The number of nitrogen functional groups attached to an aromatic ring is 1. The fourth-order valence-corrected chi connectivity index (χ4v) is 2.90. The molecule has 5 nitrogen and oxygen atoms in total. The summed E-state index contributed by atoms with van der Waals surface area (Å²) in [6, 6.07) is 4.52. The predicted molar refractivity (Wildman–Crippen MR) is 79.2 cm³/mol. The van der Waals surface area contributed by atoms with Crippen LogP contribution in [0.3, 0.4) is 0 Å². The molecule has 0 radical (unpaired) electrons. The molecule has 1 aliphatic rings. The summed E-state index contributed by atoms with van der Waals surface area (Å²) in [5.74, 6) is 0.621. The van der Waals surface area contributed by atoms with Crippen LogP contribution in [-0.2, 0) is 0 Å². The highest BCUT2D eigenvalue weighted by Crippen LogP contribution is 2.28. The molecule has 3 rings (SSSR count). The van der Waals surface area contributed by atoms with Crippen molar-refractivity contribution in [2.24, 2.45) is 5.92 Å². The molecule has 0 spiro atoms. The molecule has 1 aromatic carbocycles. The molecule has 0 bridgehead atoms. The number of H-pyrrole nitrogens is 1. The molecule has 1 aromatic heterocycles. The van der Waals surface area contributed by atoms with Gasteiger partial charge in [-0.3, -0.25) is 5.10 Å². The van der Waals surface area contributed by atoms with Gasteiger partial charge in [0.15, 0.2) is 0 Å². The largest absolute Gasteiger partial charge is 0.397 e. The van der Waals surface area contributed by atoms with Gasteiger partial charge in [-0.1, -0.05) is 6.92 Å². The van der Waals surface area contributed by atoms with Gasteiger partial charge in [-0.25, -0.2) is 0 Å². The highest BCUT2D eigenvalue weighted by Gasteiger charge is 2.24. The molecule has 19 heavy (non-hydrogen) atoms. The molecular weight excluding hydrogens is 238 g/mol. The van der Waals surface area contributed by atoms with Gasteiger partial charge in [-0.2, -0.15) is 5.10 Å². The number of piperidine rings is 1. The lowest BCUT2D eigenvalue weighted by Gasteiger charge is -2.36. The third-order valence-corrected chi connectivity index (χ3v) is 4.06. The third kappa shape index (κ3) is 2.38. The molecule has 4 N–H and O–H groups in total. The van der Waals surface area contributed by atoms with Crippen LogP contribution in [-0.4, -0.2) is 41.3 Å². The second kappa shape index (κ2) is 4.74. The quantitative estimate of drug-likeness (QED) is 0.720. The molecule has 2 unspecified atom stereocenters. The Morgan fingerprint density at radius 2 is 2.32 bits per heavy atom. The normalized spacial score (nSPS) is 24.7. The summed E-state index contributed by atoms with van der Waals surface area (Å²) in [6.07, 6.45) is 2.95. The Morgan fingerprint density at radius 3 is 3.11 bits per heavy atom. The molecular formula is C14H21N5. The summed E-state index contributed by atoms with van der Waals surface area (Å²) in [6.45, 7) is 4.55. The molecule has 1 saturated heterocycles. The minimum atomic E-state index is 0.485. The summed E-state index contributed by atoms with van der Waals surface area (Å²) in [4.78, 5) is 2.38. The van der Waals surface area contributed by atoms with E-state index in [2.05, 4.69) is 40.5 Å². The van der Waals surface area contributed by atoms with Crippen LogP contribution in [0.15, 0.2) is 18.3 Å². The lowest BCUT2D eigenvalue weighted by molar-refractivity contribution is 0.206. The van der Waals surface area contributed by atoms with E-state index in [1.54, 1.807) is 6.20 Å². The van der Waals surface area contributed by atoms with Gasteiger partial charge in [0.2, 0.25) is 0 Å². The van der Waals surface area contributed by atoms with E-state index in [0.29, 0.717) is 12.0 Å². The van der Waals surface area contributed by atoms with Gasteiger partial charge < -0.3 is 16.0 Å². The van der Waals surface area contributed by atoms with Crippen LogP contribution >= 0.6 is 0 Å². The minimum Gasteiger partial charge on any atom is -0.397 e. The number of rotatable bonds is 2. The van der Waals surface area contributed by atoms with Crippen molar-refractivity contribution in [3.63, 3.8) is 0 Å². The van der Waals surface area contributed by atoms with Crippen LogP contribution in [0.4, 0.5) is 11.4 Å². The molecule has 2 heterocycles. The van der Waals surface area contributed by atoms with Crippen molar-refractivity contribution in [1.29, 1.82) is 0 Å². The molecule has 0 saturated carbocycles. The van der Waals surface area contributed by atoms with E-state index in [1.807, 2.05) is 6.07 Å². The number of nitrogens with zero attached hydrogens (tertiary/aromatic N) is 2. The highest BCUT2D eigenvalue weighted by molar-refractivity contribution is 5.88. The Kier molecular flexibility index (Phi) is 3.06. The summed E-state index contributed by atoms with van der Waals surface area (Å²) < 4.78 is 0. The van der Waals surface area contributed by atoms with Gasteiger partial charge in [0.05, 0.1) is 23.1 Å². The van der Waals surface area contributed by atoms with Crippen molar-refractivity contribution in [3.05, 3.63) is 18.3 Å². The Bertz CT molecular complexity index is 576. The number of hydrogen-bond acceptors (Lipinski definition) is 4. The first kappa shape index (κ1) is 12.3. The van der Waals surface area contributed by atoms with E-state index in [9.17, 15) is 0 Å². The van der Waals surface area contributed by atoms with Crippen molar-refractivity contribution >= 4 is 22.3 Å². The van der Waals surface area contributed by atoms with Crippen LogP contribution in [0.1, 0.15) is 13.3 Å². The first-order valence-corrected chi connectivity index (χ1v) is 6.81. The maximum absolute atomic E-state index is 6.12. The SMILES string of the molecule is CC1CN(C)CCC1Nc1cc2[nH]ncc2cc1N. The lowest BCUT2D eigenvalue weighted by atomic mass is 9.94. The maximum atomic E-state index is 6.12. The van der Waals surface area contributed by atoms with Crippen molar-refractivity contribution in [1.82, 2.24) is 15.1 Å². The molecule has 5 heteroatoms. The Hall–Kier alpha value is -1.75. The molecule has 0 aliphatic carbocycles. The summed E-state index contributed by atoms with van der Waals surface area (Å²) in [7, 11) is 2.18. The Labute approximate surface area is 113 Å². The first-order chi connectivity index (χ1) is 9.13. The van der Waals surface area contributed by atoms with Crippen LogP contribution < -0.4 is 11.1 Å². The highest BCUT2D eigenvalue weighted by atomic mass is 15.1. The van der Waals surface area contributed by atoms with Gasteiger partial charge in [-0.05, 0) is 38.1 Å². The fourth-order valence-electron chi connectivity index (χ4n) is 2.90. The van der Waals surface area contributed by atoms with Crippen LogP contribution in [0.2, 0.25) is 0 Å². The van der Waals surface area contributed by atoms with Crippen molar-refractivity contribution < 1.29 is 0 Å². The smallest absolute Gasteiger partial charge is 0.0672 e. The Morgan fingerprint density at radius 1 is 1.47 bits per heavy atom. The third-order valence-electron chi connectivity index (χ3n) is 4.06. The topological polar surface area (TPSA) is 70.0 Å². The van der Waals surface area contributed by atoms with E-state index in [4.69, 9.17) is 5.73 Å².